The van der Waals surface area contributed by atoms with E-state index >= 15 is 0 Å². The van der Waals surface area contributed by atoms with Gasteiger partial charge in [0, 0.05) is 17.1 Å². The van der Waals surface area contributed by atoms with Crippen LogP contribution in [0.25, 0.3) is 0 Å². The number of aryl methyl sites for hydroxylation is 2. The molecule has 1 aromatic heterocycles. The minimum atomic E-state index is -0.722. The Kier molecular flexibility index (Phi) is 5.12. The summed E-state index contributed by atoms with van der Waals surface area (Å²) < 4.78 is 0. The molecule has 4 nitrogen and oxygen atoms in total. The molecule has 1 rings (SSSR count). The zero-order valence-electron chi connectivity index (χ0n) is 11.4. The summed E-state index contributed by atoms with van der Waals surface area (Å²) >= 11 is 1.62. The van der Waals surface area contributed by atoms with Crippen LogP contribution in [0.2, 0.25) is 0 Å². The van der Waals surface area contributed by atoms with E-state index < -0.39 is 5.54 Å². The largest absolute Gasteiger partial charge is 0.314 e. The number of nitrogens with two attached hydrogens (primary N) is 1. The summed E-state index contributed by atoms with van der Waals surface area (Å²) in [6, 6.07) is 2.10. The van der Waals surface area contributed by atoms with Gasteiger partial charge in [-0.15, -0.1) is 0 Å². The Bertz CT molecular complexity index is 440. The Hall–Kier alpha value is -1.12. The lowest BCUT2D eigenvalue weighted by Crippen LogP contribution is -2.33. The summed E-state index contributed by atoms with van der Waals surface area (Å²) in [5, 5.41) is 9.62. The van der Waals surface area contributed by atoms with Gasteiger partial charge < -0.3 is 5.73 Å². The first kappa shape index (κ1) is 14.9. The highest BCUT2D eigenvalue weighted by Gasteiger charge is 2.16. The predicted octanol–water partition coefficient (Wildman–Crippen LogP) is 2.52. The Morgan fingerprint density at radius 2 is 1.83 bits per heavy atom. The zero-order chi connectivity index (χ0) is 13.8. The van der Waals surface area contributed by atoms with Crippen LogP contribution in [0.3, 0.4) is 0 Å². The number of hydrogen-bond donors (Lipinski definition) is 1. The lowest BCUT2D eigenvalue weighted by molar-refractivity contribution is 0.540. The third-order valence-corrected chi connectivity index (χ3v) is 3.87. The number of nitrogens with zero attached hydrogens (tertiary/aromatic N) is 3. The van der Waals surface area contributed by atoms with Crippen LogP contribution >= 0.6 is 11.8 Å². The van der Waals surface area contributed by atoms with E-state index in [1.165, 1.54) is 0 Å². The molecule has 98 valence electrons. The molecule has 0 spiro atoms. The van der Waals surface area contributed by atoms with E-state index in [-0.39, 0.29) is 0 Å². The molecular weight excluding hydrogens is 244 g/mol. The Labute approximate surface area is 113 Å². The van der Waals surface area contributed by atoms with Crippen LogP contribution in [-0.4, -0.2) is 21.3 Å². The van der Waals surface area contributed by atoms with E-state index in [0.717, 1.165) is 34.3 Å². The third-order valence-electron chi connectivity index (χ3n) is 2.94. The van der Waals surface area contributed by atoms with Gasteiger partial charge in [-0.25, -0.2) is 9.97 Å². The normalized spacial score (nSPS) is 14.0. The van der Waals surface area contributed by atoms with Crippen molar-refractivity contribution in [2.45, 2.75) is 51.2 Å². The summed E-state index contributed by atoms with van der Waals surface area (Å²) in [4.78, 5) is 8.89. The Balaban J connectivity index is 2.48. The molecule has 5 heteroatoms. The van der Waals surface area contributed by atoms with E-state index in [4.69, 9.17) is 11.0 Å². The van der Waals surface area contributed by atoms with Crippen LogP contribution in [0.4, 0.5) is 0 Å². The molecule has 0 aliphatic rings. The molecule has 0 bridgehead atoms. The topological polar surface area (TPSA) is 75.6 Å². The maximum atomic E-state index is 8.81. The van der Waals surface area contributed by atoms with Crippen LogP contribution in [0, 0.1) is 32.1 Å². The third kappa shape index (κ3) is 4.28. The summed E-state index contributed by atoms with van der Waals surface area (Å²) in [6.07, 6.45) is 1.58. The van der Waals surface area contributed by atoms with E-state index in [9.17, 15) is 0 Å². The van der Waals surface area contributed by atoms with Gasteiger partial charge in [-0.1, -0.05) is 11.8 Å². The molecule has 2 N–H and O–H groups in total. The average molecular weight is 264 g/mol. The van der Waals surface area contributed by atoms with Crippen LogP contribution in [0.1, 0.15) is 36.7 Å². The van der Waals surface area contributed by atoms with Crippen molar-refractivity contribution in [3.8, 4) is 6.07 Å². The molecule has 1 aromatic rings. The van der Waals surface area contributed by atoms with Gasteiger partial charge in [0.25, 0.3) is 0 Å². The second kappa shape index (κ2) is 6.17. The van der Waals surface area contributed by atoms with Gasteiger partial charge in [0.15, 0.2) is 5.16 Å². The van der Waals surface area contributed by atoms with Crippen LogP contribution in [0.15, 0.2) is 5.16 Å². The lowest BCUT2D eigenvalue weighted by Gasteiger charge is -2.14. The molecule has 0 fully saturated rings. The predicted molar refractivity (Wildman–Crippen MR) is 74.4 cm³/mol. The highest BCUT2D eigenvalue weighted by molar-refractivity contribution is 7.99. The lowest BCUT2D eigenvalue weighted by atomic mass is 10.0. The monoisotopic (exact) mass is 264 g/mol. The molecule has 0 saturated carbocycles. The standard InChI is InChI=1S/C13H20N4S/c1-9-10(2)16-12(17-11(9)3)18-7-5-6-13(4,15)8-14/h5-7,15H2,1-4H3. The number of rotatable bonds is 5. The van der Waals surface area contributed by atoms with Crippen molar-refractivity contribution in [2.75, 3.05) is 5.75 Å². The number of nitriles is 1. The highest BCUT2D eigenvalue weighted by Crippen LogP contribution is 2.19. The van der Waals surface area contributed by atoms with Crippen molar-refractivity contribution in [2.24, 2.45) is 5.73 Å². The maximum absolute atomic E-state index is 8.81. The molecule has 1 atom stereocenters. The summed E-state index contributed by atoms with van der Waals surface area (Å²) in [6.45, 7) is 7.79. The fourth-order valence-corrected chi connectivity index (χ4v) is 2.34. The average Bonchev–Trinajstić information content (AvgIpc) is 2.31. The summed E-state index contributed by atoms with van der Waals surface area (Å²) in [5.41, 5.74) is 8.26. The molecule has 0 aliphatic heterocycles. The van der Waals surface area contributed by atoms with Gasteiger partial charge >= 0.3 is 0 Å². The quantitative estimate of drug-likeness (QED) is 0.502. The molecule has 1 heterocycles. The maximum Gasteiger partial charge on any atom is 0.187 e. The van der Waals surface area contributed by atoms with E-state index in [1.54, 1.807) is 18.7 Å². The van der Waals surface area contributed by atoms with Crippen molar-refractivity contribution in [3.05, 3.63) is 17.0 Å². The number of hydrogen-bond acceptors (Lipinski definition) is 5. The highest BCUT2D eigenvalue weighted by atomic mass is 32.2. The van der Waals surface area contributed by atoms with Gasteiger partial charge in [-0.2, -0.15) is 5.26 Å². The van der Waals surface area contributed by atoms with Gasteiger partial charge in [-0.05, 0) is 46.1 Å². The van der Waals surface area contributed by atoms with Crippen molar-refractivity contribution in [1.29, 1.82) is 5.26 Å². The van der Waals surface area contributed by atoms with Gasteiger partial charge in [0.05, 0.1) is 6.07 Å². The van der Waals surface area contributed by atoms with Crippen LogP contribution < -0.4 is 5.73 Å². The van der Waals surface area contributed by atoms with E-state index in [1.807, 2.05) is 20.8 Å². The Morgan fingerprint density at radius 1 is 1.28 bits per heavy atom. The second-order valence-electron chi connectivity index (χ2n) is 4.78. The first-order valence-corrected chi connectivity index (χ1v) is 6.99. The van der Waals surface area contributed by atoms with Crippen molar-refractivity contribution in [1.82, 2.24) is 9.97 Å². The minimum absolute atomic E-state index is 0.695. The molecule has 1 unspecified atom stereocenters. The molecule has 18 heavy (non-hydrogen) atoms. The molecular formula is C13H20N4S. The van der Waals surface area contributed by atoms with Crippen LogP contribution in [-0.2, 0) is 0 Å². The van der Waals surface area contributed by atoms with Crippen molar-refractivity contribution in [3.63, 3.8) is 0 Å². The van der Waals surface area contributed by atoms with Crippen LogP contribution in [0.5, 0.6) is 0 Å². The van der Waals surface area contributed by atoms with Crippen molar-refractivity contribution >= 4 is 11.8 Å². The van der Waals surface area contributed by atoms with Gasteiger partial charge in [-0.3, -0.25) is 0 Å². The van der Waals surface area contributed by atoms with Gasteiger partial charge in [0.1, 0.15) is 5.54 Å². The first-order chi connectivity index (χ1) is 8.35. The van der Waals surface area contributed by atoms with Crippen molar-refractivity contribution < 1.29 is 0 Å². The molecule has 0 saturated heterocycles. The first-order valence-electron chi connectivity index (χ1n) is 6.00. The molecule has 0 aromatic carbocycles. The number of thioether (sulfide) groups is 1. The molecule has 0 radical (unpaired) electrons. The SMILES string of the molecule is Cc1nc(SCCCC(C)(N)C#N)nc(C)c1C. The minimum Gasteiger partial charge on any atom is -0.314 e. The summed E-state index contributed by atoms with van der Waals surface area (Å²) in [7, 11) is 0. The second-order valence-corrected chi connectivity index (χ2v) is 5.85. The van der Waals surface area contributed by atoms with E-state index in [2.05, 4.69) is 16.0 Å². The molecule has 0 aliphatic carbocycles. The van der Waals surface area contributed by atoms with E-state index in [0.29, 0.717) is 6.42 Å². The molecule has 0 amide bonds. The summed E-state index contributed by atoms with van der Waals surface area (Å²) in [5.74, 6) is 0.885. The fourth-order valence-electron chi connectivity index (χ4n) is 1.46. The fraction of sp³-hybridized carbons (Fsp3) is 0.615. The van der Waals surface area contributed by atoms with Gasteiger partial charge in [0.2, 0.25) is 0 Å². The smallest absolute Gasteiger partial charge is 0.187 e. The Morgan fingerprint density at radius 3 is 2.33 bits per heavy atom. The zero-order valence-corrected chi connectivity index (χ0v) is 12.3. The number of aromatic nitrogens is 2.